The van der Waals surface area contributed by atoms with Gasteiger partial charge < -0.3 is 5.11 Å². The maximum absolute atomic E-state index is 14.2. The summed E-state index contributed by atoms with van der Waals surface area (Å²) in [6.45, 7) is 0. The van der Waals surface area contributed by atoms with Crippen molar-refractivity contribution in [3.05, 3.63) is 56.7 Å². The number of rotatable bonds is 3. The van der Waals surface area contributed by atoms with Crippen molar-refractivity contribution in [1.82, 2.24) is 19.3 Å². The van der Waals surface area contributed by atoms with E-state index >= 15 is 0 Å². The minimum Gasteiger partial charge on any atom is -0.371 e. The molecular formula is C18H13ClF6N4O2. The molecule has 1 aliphatic rings. The highest BCUT2D eigenvalue weighted by atomic mass is 35.5. The zero-order valence-electron chi connectivity index (χ0n) is 15.6. The number of hydrogen-bond donors (Lipinski definition) is 1. The Labute approximate surface area is 174 Å². The van der Waals surface area contributed by atoms with Crippen LogP contribution in [-0.2, 0) is 18.8 Å². The third-order valence-electron chi connectivity index (χ3n) is 5.16. The van der Waals surface area contributed by atoms with E-state index in [1.807, 2.05) is 0 Å². The SMILES string of the molecule is Cn1nc2c(=O)n(C3CC3)cnc2c1C(O)(c1ccc(C(F)(F)F)c(Cl)c1)C(F)(F)F. The summed E-state index contributed by atoms with van der Waals surface area (Å²) in [7, 11) is 1.07. The number of halogens is 7. The number of aromatic nitrogens is 4. The molecule has 0 amide bonds. The molecule has 0 bridgehead atoms. The lowest BCUT2D eigenvalue weighted by atomic mass is 9.88. The second-order valence-corrected chi connectivity index (χ2v) is 7.67. The van der Waals surface area contributed by atoms with Crippen LogP contribution in [0.2, 0.25) is 5.02 Å². The zero-order valence-corrected chi connectivity index (χ0v) is 16.3. The van der Waals surface area contributed by atoms with Crippen molar-refractivity contribution in [3.63, 3.8) is 0 Å². The van der Waals surface area contributed by atoms with Gasteiger partial charge in [0.25, 0.3) is 5.56 Å². The molecule has 1 N–H and O–H groups in total. The molecule has 0 saturated heterocycles. The molecule has 166 valence electrons. The van der Waals surface area contributed by atoms with Crippen LogP contribution in [0.3, 0.4) is 0 Å². The lowest BCUT2D eigenvalue weighted by Crippen LogP contribution is -2.45. The van der Waals surface area contributed by atoms with Gasteiger partial charge in [-0.25, -0.2) is 4.98 Å². The lowest BCUT2D eigenvalue weighted by molar-refractivity contribution is -0.250. The smallest absolute Gasteiger partial charge is 0.371 e. The Morgan fingerprint density at radius 1 is 1.13 bits per heavy atom. The quantitative estimate of drug-likeness (QED) is 0.594. The molecule has 3 aromatic rings. The van der Waals surface area contributed by atoms with Crippen molar-refractivity contribution < 1.29 is 31.4 Å². The molecule has 1 aromatic carbocycles. The molecule has 1 saturated carbocycles. The summed E-state index contributed by atoms with van der Waals surface area (Å²) >= 11 is 5.59. The number of nitrogens with zero attached hydrogens (tertiary/aromatic N) is 4. The molecule has 1 fully saturated rings. The summed E-state index contributed by atoms with van der Waals surface area (Å²) in [6.07, 6.45) is -7.82. The van der Waals surface area contributed by atoms with Gasteiger partial charge in [-0.05, 0) is 25.0 Å². The van der Waals surface area contributed by atoms with Crippen molar-refractivity contribution in [1.29, 1.82) is 0 Å². The molecule has 1 unspecified atom stereocenters. The van der Waals surface area contributed by atoms with Gasteiger partial charge in [-0.15, -0.1) is 0 Å². The van der Waals surface area contributed by atoms with E-state index in [4.69, 9.17) is 11.6 Å². The fourth-order valence-corrected chi connectivity index (χ4v) is 3.78. The van der Waals surface area contributed by atoms with Gasteiger partial charge in [0.15, 0.2) is 5.52 Å². The summed E-state index contributed by atoms with van der Waals surface area (Å²) in [5.74, 6) is 0. The van der Waals surface area contributed by atoms with E-state index in [0.717, 1.165) is 13.4 Å². The van der Waals surface area contributed by atoms with Crippen LogP contribution < -0.4 is 5.56 Å². The minimum atomic E-state index is -5.41. The highest BCUT2D eigenvalue weighted by Gasteiger charge is 2.59. The Kier molecular flexibility index (Phi) is 4.67. The lowest BCUT2D eigenvalue weighted by Gasteiger charge is -2.31. The Morgan fingerprint density at radius 3 is 2.29 bits per heavy atom. The van der Waals surface area contributed by atoms with Crippen LogP contribution in [0.5, 0.6) is 0 Å². The summed E-state index contributed by atoms with van der Waals surface area (Å²) in [4.78, 5) is 16.6. The number of fused-ring (bicyclic) bond motifs is 1. The standard InChI is InChI=1S/C18H13ClF6N4O2/c1-28-14(12-13(27-28)15(30)29(7-26-12)9-3-4-9)16(31,18(23,24)25)8-2-5-10(11(19)6-8)17(20,21)22/h2,5-7,9,31H,3-4H2,1H3. The van der Waals surface area contributed by atoms with Gasteiger partial charge in [-0.1, -0.05) is 17.7 Å². The molecule has 4 rings (SSSR count). The van der Waals surface area contributed by atoms with Crippen LogP contribution in [0.1, 0.15) is 35.7 Å². The van der Waals surface area contributed by atoms with Crippen molar-refractivity contribution in [2.24, 2.45) is 7.05 Å². The molecule has 0 spiro atoms. The van der Waals surface area contributed by atoms with Crippen molar-refractivity contribution in [2.75, 3.05) is 0 Å². The first-order valence-electron chi connectivity index (χ1n) is 8.87. The normalized spacial score (nSPS) is 17.2. The number of hydrogen-bond acceptors (Lipinski definition) is 4. The Bertz CT molecular complexity index is 1240. The van der Waals surface area contributed by atoms with E-state index in [2.05, 4.69) is 10.1 Å². The Hall–Kier alpha value is -2.60. The fraction of sp³-hybridized carbons (Fsp3) is 0.389. The largest absolute Gasteiger partial charge is 0.427 e. The predicted octanol–water partition coefficient (Wildman–Crippen LogP) is 3.94. The van der Waals surface area contributed by atoms with E-state index in [-0.39, 0.29) is 6.04 Å². The van der Waals surface area contributed by atoms with Gasteiger partial charge in [0.1, 0.15) is 11.2 Å². The van der Waals surface area contributed by atoms with Crippen LogP contribution in [-0.4, -0.2) is 30.6 Å². The molecule has 13 heteroatoms. The van der Waals surface area contributed by atoms with Crippen molar-refractivity contribution in [2.45, 2.75) is 36.8 Å². The third kappa shape index (κ3) is 3.28. The minimum absolute atomic E-state index is 0.120. The van der Waals surface area contributed by atoms with Crippen LogP contribution in [0.4, 0.5) is 26.3 Å². The van der Waals surface area contributed by atoms with E-state index < -0.39 is 56.4 Å². The first-order chi connectivity index (χ1) is 14.3. The number of alkyl halides is 6. The van der Waals surface area contributed by atoms with Crippen molar-refractivity contribution in [3.8, 4) is 0 Å². The highest BCUT2D eigenvalue weighted by Crippen LogP contribution is 2.47. The van der Waals surface area contributed by atoms with Gasteiger partial charge >= 0.3 is 12.4 Å². The second kappa shape index (κ2) is 6.70. The molecule has 1 aliphatic carbocycles. The summed E-state index contributed by atoms with van der Waals surface area (Å²) in [6, 6.07) is 1.10. The van der Waals surface area contributed by atoms with E-state index in [1.54, 1.807) is 0 Å². The van der Waals surface area contributed by atoms with Crippen LogP contribution in [0, 0.1) is 0 Å². The van der Waals surface area contributed by atoms with Gasteiger partial charge in [0, 0.05) is 18.7 Å². The molecule has 0 radical (unpaired) electrons. The molecule has 31 heavy (non-hydrogen) atoms. The first-order valence-corrected chi connectivity index (χ1v) is 9.25. The zero-order chi connectivity index (χ0) is 22.9. The van der Waals surface area contributed by atoms with E-state index in [0.29, 0.717) is 35.7 Å². The molecule has 0 aliphatic heterocycles. The van der Waals surface area contributed by atoms with Crippen LogP contribution >= 0.6 is 11.6 Å². The fourth-order valence-electron chi connectivity index (χ4n) is 3.50. The topological polar surface area (TPSA) is 72.9 Å². The van der Waals surface area contributed by atoms with Gasteiger partial charge in [0.2, 0.25) is 5.60 Å². The van der Waals surface area contributed by atoms with Gasteiger partial charge in [-0.3, -0.25) is 14.0 Å². The first kappa shape index (κ1) is 21.6. The molecule has 2 heterocycles. The number of aliphatic hydroxyl groups is 1. The maximum atomic E-state index is 14.2. The molecule has 1 atom stereocenters. The average Bonchev–Trinajstić information content (AvgIpc) is 3.41. The van der Waals surface area contributed by atoms with Crippen LogP contribution in [0.25, 0.3) is 11.0 Å². The second-order valence-electron chi connectivity index (χ2n) is 7.26. The Morgan fingerprint density at radius 2 is 1.77 bits per heavy atom. The monoisotopic (exact) mass is 466 g/mol. The summed E-state index contributed by atoms with van der Waals surface area (Å²) in [5, 5.41) is 13.7. The molecule has 6 nitrogen and oxygen atoms in total. The Balaban J connectivity index is 1.99. The molecular weight excluding hydrogens is 454 g/mol. The van der Waals surface area contributed by atoms with Gasteiger partial charge in [-0.2, -0.15) is 31.4 Å². The van der Waals surface area contributed by atoms with E-state index in [9.17, 15) is 36.2 Å². The van der Waals surface area contributed by atoms with Crippen molar-refractivity contribution >= 4 is 22.6 Å². The summed E-state index contributed by atoms with van der Waals surface area (Å²) < 4.78 is 83.4. The average molecular weight is 467 g/mol. The predicted molar refractivity (Wildman–Crippen MR) is 96.5 cm³/mol. The van der Waals surface area contributed by atoms with Crippen LogP contribution in [0.15, 0.2) is 29.3 Å². The summed E-state index contributed by atoms with van der Waals surface area (Å²) in [5.41, 5.74) is -8.67. The third-order valence-corrected chi connectivity index (χ3v) is 5.47. The van der Waals surface area contributed by atoms with E-state index in [1.165, 1.54) is 4.57 Å². The number of aryl methyl sites for hydroxylation is 1. The van der Waals surface area contributed by atoms with Gasteiger partial charge in [0.05, 0.1) is 16.9 Å². The maximum Gasteiger partial charge on any atom is 0.427 e. The number of benzene rings is 1. The highest BCUT2D eigenvalue weighted by molar-refractivity contribution is 6.31. The molecule has 2 aromatic heterocycles.